The summed E-state index contributed by atoms with van der Waals surface area (Å²) in [5, 5.41) is 2.86. The van der Waals surface area contributed by atoms with E-state index in [1.54, 1.807) is 44.6 Å². The van der Waals surface area contributed by atoms with E-state index in [-0.39, 0.29) is 16.5 Å². The molecule has 7 heteroatoms. The van der Waals surface area contributed by atoms with Gasteiger partial charge in [-0.1, -0.05) is 11.6 Å². The number of methoxy groups -OCH3 is 2. The first-order chi connectivity index (χ1) is 11.9. The predicted octanol–water partition coefficient (Wildman–Crippen LogP) is 3.11. The third-order valence-electron chi connectivity index (χ3n) is 3.30. The molecule has 0 saturated carbocycles. The Hall–Kier alpha value is -2.99. The zero-order valence-electron chi connectivity index (χ0n) is 13.7. The Morgan fingerprint density at radius 2 is 1.72 bits per heavy atom. The predicted molar refractivity (Wildman–Crippen MR) is 97.2 cm³/mol. The van der Waals surface area contributed by atoms with Crippen molar-refractivity contribution < 1.29 is 19.1 Å². The molecule has 0 radical (unpaired) electrons. The van der Waals surface area contributed by atoms with Crippen LogP contribution in [0.5, 0.6) is 11.5 Å². The van der Waals surface area contributed by atoms with E-state index in [4.69, 9.17) is 26.8 Å². The molecule has 6 nitrogen and oxygen atoms in total. The fraction of sp³-hybridized carbons (Fsp3) is 0.111. The van der Waals surface area contributed by atoms with Crippen LogP contribution in [0.2, 0.25) is 5.02 Å². The lowest BCUT2D eigenvalue weighted by Gasteiger charge is -2.07. The molecule has 0 bridgehead atoms. The number of benzene rings is 2. The summed E-state index contributed by atoms with van der Waals surface area (Å²) in [6.45, 7) is 0. The van der Waals surface area contributed by atoms with Gasteiger partial charge in [0.25, 0.3) is 0 Å². The summed E-state index contributed by atoms with van der Waals surface area (Å²) in [6, 6.07) is 9.75. The van der Waals surface area contributed by atoms with Crippen LogP contribution in [0.15, 0.2) is 42.5 Å². The smallest absolute Gasteiger partial charge is 0.250 e. The number of hydrogen-bond acceptors (Lipinski definition) is 4. The Morgan fingerprint density at radius 3 is 2.28 bits per heavy atom. The molecule has 3 N–H and O–H groups in total. The summed E-state index contributed by atoms with van der Waals surface area (Å²) in [5.74, 6) is 0.186. The monoisotopic (exact) mass is 360 g/mol. The van der Waals surface area contributed by atoms with Crippen LogP contribution in [0.4, 0.5) is 5.69 Å². The zero-order valence-corrected chi connectivity index (χ0v) is 14.5. The van der Waals surface area contributed by atoms with Crippen molar-refractivity contribution >= 4 is 35.2 Å². The van der Waals surface area contributed by atoms with E-state index in [9.17, 15) is 9.59 Å². The van der Waals surface area contributed by atoms with Gasteiger partial charge in [0.2, 0.25) is 11.8 Å². The van der Waals surface area contributed by atoms with Crippen molar-refractivity contribution in [2.75, 3.05) is 19.5 Å². The lowest BCUT2D eigenvalue weighted by Crippen LogP contribution is -2.13. The third-order valence-corrected chi connectivity index (χ3v) is 3.63. The lowest BCUT2D eigenvalue weighted by atomic mass is 10.1. The third kappa shape index (κ3) is 4.99. The highest BCUT2D eigenvalue weighted by molar-refractivity contribution is 6.34. The van der Waals surface area contributed by atoms with Crippen LogP contribution in [-0.2, 0) is 4.79 Å². The average Bonchev–Trinajstić information content (AvgIpc) is 2.61. The molecular weight excluding hydrogens is 344 g/mol. The normalized spacial score (nSPS) is 10.5. The number of primary amides is 1. The van der Waals surface area contributed by atoms with Gasteiger partial charge in [-0.25, -0.2) is 0 Å². The van der Waals surface area contributed by atoms with E-state index >= 15 is 0 Å². The van der Waals surface area contributed by atoms with Gasteiger partial charge in [0.15, 0.2) is 0 Å². The molecule has 2 aromatic rings. The Labute approximate surface area is 150 Å². The van der Waals surface area contributed by atoms with Gasteiger partial charge < -0.3 is 20.5 Å². The maximum Gasteiger partial charge on any atom is 0.250 e. The van der Waals surface area contributed by atoms with Crippen molar-refractivity contribution in [2.45, 2.75) is 0 Å². The molecule has 0 atom stereocenters. The Bertz CT molecular complexity index is 812. The van der Waals surface area contributed by atoms with Gasteiger partial charge in [-0.2, -0.15) is 0 Å². The van der Waals surface area contributed by atoms with Gasteiger partial charge in [-0.15, -0.1) is 0 Å². The second kappa shape index (κ2) is 8.21. The van der Waals surface area contributed by atoms with E-state index in [2.05, 4.69) is 5.32 Å². The van der Waals surface area contributed by atoms with Crippen molar-refractivity contribution in [3.8, 4) is 11.5 Å². The van der Waals surface area contributed by atoms with Gasteiger partial charge in [0.05, 0.1) is 24.8 Å². The quantitative estimate of drug-likeness (QED) is 0.774. The van der Waals surface area contributed by atoms with E-state index in [0.717, 1.165) is 5.56 Å². The van der Waals surface area contributed by atoms with Gasteiger partial charge in [-0.05, 0) is 42.0 Å². The van der Waals surface area contributed by atoms with Crippen molar-refractivity contribution in [1.82, 2.24) is 0 Å². The molecule has 0 saturated heterocycles. The number of rotatable bonds is 6. The first-order valence-electron chi connectivity index (χ1n) is 7.24. The number of halogens is 1. The Balaban J connectivity index is 2.13. The summed E-state index contributed by atoms with van der Waals surface area (Å²) < 4.78 is 10.4. The van der Waals surface area contributed by atoms with Gasteiger partial charge in [-0.3, -0.25) is 9.59 Å². The minimum absolute atomic E-state index is 0.140. The number of ether oxygens (including phenoxy) is 2. The minimum atomic E-state index is -0.667. The molecule has 0 aliphatic rings. The second-order valence-corrected chi connectivity index (χ2v) is 5.43. The molecule has 0 aliphatic carbocycles. The number of hydrogen-bond donors (Lipinski definition) is 2. The first kappa shape index (κ1) is 18.4. The molecular formula is C18H17ClN2O4. The molecule has 2 amide bonds. The Morgan fingerprint density at radius 1 is 1.08 bits per heavy atom. The van der Waals surface area contributed by atoms with Crippen molar-refractivity contribution in [3.63, 3.8) is 0 Å². The van der Waals surface area contributed by atoms with Crippen LogP contribution in [-0.4, -0.2) is 26.0 Å². The van der Waals surface area contributed by atoms with E-state index in [0.29, 0.717) is 17.2 Å². The van der Waals surface area contributed by atoms with Crippen LogP contribution in [0, 0.1) is 0 Å². The molecule has 0 aliphatic heterocycles. The number of carbonyl (C=O) groups excluding carboxylic acids is 2. The summed E-state index contributed by atoms with van der Waals surface area (Å²) in [7, 11) is 3.09. The average molecular weight is 361 g/mol. The molecule has 2 rings (SSSR count). The Kier molecular flexibility index (Phi) is 6.03. The number of carbonyl (C=O) groups is 2. The summed E-state index contributed by atoms with van der Waals surface area (Å²) in [4.78, 5) is 23.3. The van der Waals surface area contributed by atoms with E-state index < -0.39 is 5.91 Å². The molecule has 25 heavy (non-hydrogen) atoms. The second-order valence-electron chi connectivity index (χ2n) is 5.03. The summed E-state index contributed by atoms with van der Waals surface area (Å²) in [5.41, 5.74) is 6.52. The fourth-order valence-corrected chi connectivity index (χ4v) is 2.28. The van der Waals surface area contributed by atoms with E-state index in [1.807, 2.05) is 0 Å². The first-order valence-corrected chi connectivity index (χ1v) is 7.62. The standard InChI is InChI=1S/C18H17ClN2O4/c1-24-13-7-11(8-14(10-13)25-2)3-6-17(22)21-12-4-5-16(19)15(9-12)18(20)23/h3-10H,1-2H3,(H2,20,23)(H,21,22)/b6-3+. The molecule has 2 aromatic carbocycles. The minimum Gasteiger partial charge on any atom is -0.497 e. The van der Waals surface area contributed by atoms with Crippen molar-refractivity contribution in [2.24, 2.45) is 5.73 Å². The molecule has 0 aromatic heterocycles. The molecule has 0 spiro atoms. The maximum absolute atomic E-state index is 12.1. The molecule has 130 valence electrons. The molecule has 0 fully saturated rings. The zero-order chi connectivity index (χ0) is 18.4. The van der Waals surface area contributed by atoms with Crippen LogP contribution in [0.1, 0.15) is 15.9 Å². The van der Waals surface area contributed by atoms with Gasteiger partial charge in [0, 0.05) is 17.8 Å². The maximum atomic E-state index is 12.1. The van der Waals surface area contributed by atoms with Crippen LogP contribution >= 0.6 is 11.6 Å². The summed E-state index contributed by atoms with van der Waals surface area (Å²) >= 11 is 5.87. The van der Waals surface area contributed by atoms with Crippen LogP contribution in [0.25, 0.3) is 6.08 Å². The number of anilines is 1. The number of nitrogens with one attached hydrogen (secondary N) is 1. The van der Waals surface area contributed by atoms with Crippen molar-refractivity contribution in [3.05, 3.63) is 58.6 Å². The molecule has 0 unspecified atom stereocenters. The number of amides is 2. The van der Waals surface area contributed by atoms with Crippen LogP contribution < -0.4 is 20.5 Å². The van der Waals surface area contributed by atoms with Gasteiger partial charge in [0.1, 0.15) is 11.5 Å². The highest BCUT2D eigenvalue weighted by Gasteiger charge is 2.08. The highest BCUT2D eigenvalue weighted by Crippen LogP contribution is 2.23. The number of nitrogens with two attached hydrogens (primary N) is 1. The topological polar surface area (TPSA) is 90.6 Å². The highest BCUT2D eigenvalue weighted by atomic mass is 35.5. The summed E-state index contributed by atoms with van der Waals surface area (Å²) in [6.07, 6.45) is 2.97. The van der Waals surface area contributed by atoms with E-state index in [1.165, 1.54) is 18.2 Å². The van der Waals surface area contributed by atoms with Crippen LogP contribution in [0.3, 0.4) is 0 Å². The molecule has 0 heterocycles. The lowest BCUT2D eigenvalue weighted by molar-refractivity contribution is -0.111. The fourth-order valence-electron chi connectivity index (χ4n) is 2.07. The largest absolute Gasteiger partial charge is 0.497 e. The van der Waals surface area contributed by atoms with Crippen molar-refractivity contribution in [1.29, 1.82) is 0 Å². The van der Waals surface area contributed by atoms with Gasteiger partial charge >= 0.3 is 0 Å². The SMILES string of the molecule is COc1cc(/C=C/C(=O)Nc2ccc(Cl)c(C(N)=O)c2)cc(OC)c1.